The number of sulfonamides is 1. The maximum Gasteiger partial charge on any atom is 0.264 e. The lowest BCUT2D eigenvalue weighted by Gasteiger charge is -2.19. The van der Waals surface area contributed by atoms with Crippen molar-refractivity contribution in [2.24, 2.45) is 0 Å². The first kappa shape index (κ1) is 21.1. The van der Waals surface area contributed by atoms with Gasteiger partial charge in [0.2, 0.25) is 0 Å². The number of anilines is 2. The van der Waals surface area contributed by atoms with Gasteiger partial charge in [0.15, 0.2) is 5.13 Å². The second-order valence-electron chi connectivity index (χ2n) is 8.39. The fraction of sp³-hybridized carbons (Fsp3) is 0.154. The summed E-state index contributed by atoms with van der Waals surface area (Å²) in [6, 6.07) is 21.9. The summed E-state index contributed by atoms with van der Waals surface area (Å²) >= 11 is 1.47. The van der Waals surface area contributed by atoms with E-state index in [0.717, 1.165) is 34.5 Å². The Morgan fingerprint density at radius 1 is 0.912 bits per heavy atom. The zero-order valence-electron chi connectivity index (χ0n) is 18.2. The normalized spacial score (nSPS) is 14.3. The standard InChI is InChI=1S/C26H21N3O3S2/c30-25(28-26-27-24-21-10-3-1-6-17(21)12-13-23(24)33-26)19-8-5-9-20(16-19)34(31,32)29-15-14-18-7-2-4-11-22(18)29/h1-11,16H,12-15H2,(H,27,28,30). The molecule has 3 aromatic carbocycles. The van der Waals surface area contributed by atoms with Crippen LogP contribution in [0.3, 0.4) is 0 Å². The zero-order chi connectivity index (χ0) is 23.3. The maximum atomic E-state index is 13.4. The number of hydrogen-bond acceptors (Lipinski definition) is 5. The van der Waals surface area contributed by atoms with Crippen LogP contribution in [0.4, 0.5) is 10.8 Å². The summed E-state index contributed by atoms with van der Waals surface area (Å²) in [6.07, 6.45) is 2.52. The first-order chi connectivity index (χ1) is 16.5. The summed E-state index contributed by atoms with van der Waals surface area (Å²) in [5.74, 6) is -0.377. The van der Waals surface area contributed by atoms with Crippen LogP contribution in [0.5, 0.6) is 0 Å². The van der Waals surface area contributed by atoms with Gasteiger partial charge >= 0.3 is 0 Å². The monoisotopic (exact) mass is 487 g/mol. The molecule has 1 aromatic heterocycles. The molecule has 34 heavy (non-hydrogen) atoms. The van der Waals surface area contributed by atoms with Gasteiger partial charge in [-0.15, -0.1) is 11.3 Å². The third-order valence-corrected chi connectivity index (χ3v) is 9.18. The van der Waals surface area contributed by atoms with E-state index in [1.807, 2.05) is 36.4 Å². The molecule has 1 N–H and O–H groups in total. The zero-order valence-corrected chi connectivity index (χ0v) is 19.8. The number of nitrogens with zero attached hydrogens (tertiary/aromatic N) is 2. The SMILES string of the molecule is O=C(Nc1nc2c(s1)CCc1ccccc1-2)c1cccc(S(=O)(=O)N2CCc3ccccc32)c1. The van der Waals surface area contributed by atoms with Crippen molar-refractivity contribution < 1.29 is 13.2 Å². The first-order valence-electron chi connectivity index (χ1n) is 11.1. The lowest BCUT2D eigenvalue weighted by molar-refractivity contribution is 0.102. The van der Waals surface area contributed by atoms with Crippen molar-refractivity contribution in [3.8, 4) is 11.3 Å². The van der Waals surface area contributed by atoms with E-state index in [1.165, 1.54) is 33.3 Å². The van der Waals surface area contributed by atoms with Crippen LogP contribution >= 0.6 is 11.3 Å². The number of benzene rings is 3. The van der Waals surface area contributed by atoms with Gasteiger partial charge in [0.1, 0.15) is 0 Å². The van der Waals surface area contributed by atoms with Crippen LogP contribution in [-0.2, 0) is 29.3 Å². The van der Waals surface area contributed by atoms with Crippen molar-refractivity contribution in [1.82, 2.24) is 4.98 Å². The van der Waals surface area contributed by atoms with Gasteiger partial charge in [-0.3, -0.25) is 14.4 Å². The average molecular weight is 488 g/mol. The van der Waals surface area contributed by atoms with E-state index in [4.69, 9.17) is 0 Å². The molecular formula is C26H21N3O3S2. The van der Waals surface area contributed by atoms with Crippen LogP contribution in [0.2, 0.25) is 0 Å². The Morgan fingerprint density at radius 3 is 2.59 bits per heavy atom. The summed E-state index contributed by atoms with van der Waals surface area (Å²) < 4.78 is 28.1. The molecule has 8 heteroatoms. The van der Waals surface area contributed by atoms with Gasteiger partial charge in [0.25, 0.3) is 15.9 Å². The number of para-hydroxylation sites is 1. The fourth-order valence-corrected chi connectivity index (χ4v) is 7.17. The van der Waals surface area contributed by atoms with Crippen molar-refractivity contribution in [2.75, 3.05) is 16.2 Å². The topological polar surface area (TPSA) is 79.4 Å². The van der Waals surface area contributed by atoms with Crippen LogP contribution in [0.1, 0.15) is 26.4 Å². The highest BCUT2D eigenvalue weighted by Gasteiger charge is 2.31. The number of nitrogens with one attached hydrogen (secondary N) is 1. The van der Waals surface area contributed by atoms with Crippen molar-refractivity contribution in [1.29, 1.82) is 0 Å². The highest BCUT2D eigenvalue weighted by Crippen LogP contribution is 2.38. The van der Waals surface area contributed by atoms with Gasteiger partial charge in [0, 0.05) is 22.5 Å². The molecule has 0 bridgehead atoms. The molecule has 2 aliphatic rings. The Labute approximate surface area is 202 Å². The Hall–Kier alpha value is -3.49. The maximum absolute atomic E-state index is 13.4. The van der Waals surface area contributed by atoms with Gasteiger partial charge < -0.3 is 0 Å². The Morgan fingerprint density at radius 2 is 1.71 bits per heavy atom. The lowest BCUT2D eigenvalue weighted by atomic mass is 9.94. The molecule has 0 saturated heterocycles. The molecule has 0 fully saturated rings. The molecular weight excluding hydrogens is 466 g/mol. The highest BCUT2D eigenvalue weighted by molar-refractivity contribution is 7.92. The van der Waals surface area contributed by atoms with Crippen molar-refractivity contribution in [3.05, 3.63) is 94.4 Å². The van der Waals surface area contributed by atoms with Crippen molar-refractivity contribution in [2.45, 2.75) is 24.2 Å². The molecule has 6 nitrogen and oxygen atoms in total. The lowest BCUT2D eigenvalue weighted by Crippen LogP contribution is -2.29. The van der Waals surface area contributed by atoms with E-state index in [9.17, 15) is 13.2 Å². The van der Waals surface area contributed by atoms with E-state index in [1.54, 1.807) is 12.1 Å². The van der Waals surface area contributed by atoms with Gasteiger partial charge in [-0.2, -0.15) is 0 Å². The summed E-state index contributed by atoms with van der Waals surface area (Å²) in [6.45, 7) is 0.393. The summed E-state index contributed by atoms with van der Waals surface area (Å²) in [4.78, 5) is 18.9. The number of thiazole rings is 1. The minimum atomic E-state index is -3.78. The second-order valence-corrected chi connectivity index (χ2v) is 11.3. The summed E-state index contributed by atoms with van der Waals surface area (Å²) in [5.41, 5.74) is 5.28. The minimum Gasteiger partial charge on any atom is -0.298 e. The second kappa shape index (κ2) is 8.07. The van der Waals surface area contributed by atoms with Crippen LogP contribution in [0.25, 0.3) is 11.3 Å². The number of aromatic nitrogens is 1. The number of carbonyl (C=O) groups is 1. The molecule has 1 aliphatic carbocycles. The smallest absolute Gasteiger partial charge is 0.264 e. The molecule has 0 saturated carbocycles. The van der Waals surface area contributed by atoms with Crippen LogP contribution in [-0.4, -0.2) is 25.9 Å². The fourth-order valence-electron chi connectivity index (χ4n) is 4.65. The van der Waals surface area contributed by atoms with E-state index in [2.05, 4.69) is 22.4 Å². The molecule has 0 spiro atoms. The molecule has 6 rings (SSSR count). The van der Waals surface area contributed by atoms with E-state index < -0.39 is 10.0 Å². The number of rotatable bonds is 4. The third kappa shape index (κ3) is 3.50. The summed E-state index contributed by atoms with van der Waals surface area (Å²) in [7, 11) is -3.78. The number of fused-ring (bicyclic) bond motifs is 4. The molecule has 0 atom stereocenters. The minimum absolute atomic E-state index is 0.101. The molecule has 170 valence electrons. The predicted molar refractivity (Wildman–Crippen MR) is 134 cm³/mol. The van der Waals surface area contributed by atoms with E-state index >= 15 is 0 Å². The van der Waals surface area contributed by atoms with Gasteiger partial charge in [-0.1, -0.05) is 48.5 Å². The average Bonchev–Trinajstić information content (AvgIpc) is 3.48. The van der Waals surface area contributed by atoms with Crippen LogP contribution in [0, 0.1) is 0 Å². The summed E-state index contributed by atoms with van der Waals surface area (Å²) in [5, 5.41) is 3.39. The number of amides is 1. The number of hydrogen-bond donors (Lipinski definition) is 1. The van der Waals surface area contributed by atoms with Crippen LogP contribution < -0.4 is 9.62 Å². The molecule has 0 unspecified atom stereocenters. The van der Waals surface area contributed by atoms with Gasteiger partial charge in [-0.25, -0.2) is 13.4 Å². The van der Waals surface area contributed by atoms with E-state index in [-0.39, 0.29) is 16.4 Å². The molecule has 1 aliphatic heterocycles. The number of aryl methyl sites for hydroxylation is 2. The largest absolute Gasteiger partial charge is 0.298 e. The molecule has 1 amide bonds. The quantitative estimate of drug-likeness (QED) is 0.444. The van der Waals surface area contributed by atoms with Gasteiger partial charge in [0.05, 0.1) is 16.3 Å². The van der Waals surface area contributed by atoms with Crippen LogP contribution in [0.15, 0.2) is 77.7 Å². The highest BCUT2D eigenvalue weighted by atomic mass is 32.2. The Balaban J connectivity index is 1.26. The Bertz CT molecular complexity index is 1540. The molecule has 4 aromatic rings. The van der Waals surface area contributed by atoms with Crippen molar-refractivity contribution >= 4 is 38.1 Å². The van der Waals surface area contributed by atoms with Crippen molar-refractivity contribution in [3.63, 3.8) is 0 Å². The first-order valence-corrected chi connectivity index (χ1v) is 13.4. The predicted octanol–water partition coefficient (Wildman–Crippen LogP) is 4.91. The molecule has 2 heterocycles. The Kier molecular flexibility index (Phi) is 5.00. The number of carbonyl (C=O) groups excluding carboxylic acids is 1. The molecule has 0 radical (unpaired) electrons. The van der Waals surface area contributed by atoms with Gasteiger partial charge in [-0.05, 0) is 54.7 Å². The third-order valence-electron chi connectivity index (χ3n) is 6.34. The van der Waals surface area contributed by atoms with E-state index in [0.29, 0.717) is 23.8 Å².